The van der Waals surface area contributed by atoms with E-state index in [2.05, 4.69) is 10.3 Å². The molecule has 0 radical (unpaired) electrons. The van der Waals surface area contributed by atoms with E-state index in [1.54, 1.807) is 20.8 Å². The van der Waals surface area contributed by atoms with E-state index in [0.717, 1.165) is 12.1 Å². The molecule has 2 N–H and O–H groups in total. The Labute approximate surface area is 163 Å². The molecule has 10 heteroatoms. The van der Waals surface area contributed by atoms with E-state index in [-0.39, 0.29) is 10.6 Å². The largest absolute Gasteiger partial charge is 0.476 e. The van der Waals surface area contributed by atoms with Crippen molar-refractivity contribution in [2.24, 2.45) is 0 Å². The summed E-state index contributed by atoms with van der Waals surface area (Å²) in [5.74, 6) is -3.58. The summed E-state index contributed by atoms with van der Waals surface area (Å²) < 4.78 is 33.7. The van der Waals surface area contributed by atoms with Gasteiger partial charge in [-0.05, 0) is 32.9 Å². The lowest BCUT2D eigenvalue weighted by molar-refractivity contribution is 0.0631. The molecule has 144 valence electrons. The number of amides is 1. The van der Waals surface area contributed by atoms with Crippen molar-refractivity contribution in [3.8, 4) is 11.3 Å². The molecule has 0 atom stereocenters. The minimum absolute atomic E-state index is 0.0965. The van der Waals surface area contributed by atoms with Gasteiger partial charge in [-0.3, -0.25) is 5.32 Å². The average Bonchev–Trinajstić information content (AvgIpc) is 2.52. The molecule has 1 heterocycles. The van der Waals surface area contributed by atoms with E-state index in [0.29, 0.717) is 0 Å². The fourth-order valence-corrected chi connectivity index (χ4v) is 2.41. The zero-order valence-corrected chi connectivity index (χ0v) is 15.9. The van der Waals surface area contributed by atoms with Crippen molar-refractivity contribution in [2.45, 2.75) is 26.4 Å². The topological polar surface area (TPSA) is 88.5 Å². The van der Waals surface area contributed by atoms with Crippen molar-refractivity contribution in [2.75, 3.05) is 5.32 Å². The Morgan fingerprint density at radius 1 is 1.22 bits per heavy atom. The highest BCUT2D eigenvalue weighted by Crippen LogP contribution is 2.35. The monoisotopic (exact) mass is 418 g/mol. The first kappa shape index (κ1) is 20.9. The lowest BCUT2D eigenvalue weighted by atomic mass is 10.1. The number of rotatable bonds is 3. The fourth-order valence-electron chi connectivity index (χ4n) is 2.03. The molecule has 2 aromatic rings. The maximum Gasteiger partial charge on any atom is 0.412 e. The molecule has 0 aliphatic rings. The molecular formula is C17H14Cl2F2N2O4. The number of benzene rings is 1. The van der Waals surface area contributed by atoms with Gasteiger partial charge in [-0.1, -0.05) is 29.3 Å². The van der Waals surface area contributed by atoms with E-state index >= 15 is 0 Å². The van der Waals surface area contributed by atoms with Crippen molar-refractivity contribution in [1.29, 1.82) is 0 Å². The molecule has 0 fully saturated rings. The molecule has 0 aliphatic carbocycles. The number of aromatic nitrogens is 1. The highest BCUT2D eigenvalue weighted by molar-refractivity contribution is 6.36. The first-order chi connectivity index (χ1) is 12.4. The fraction of sp³-hybridized carbons (Fsp3) is 0.235. The Hall–Kier alpha value is -2.45. The van der Waals surface area contributed by atoms with E-state index < -0.39 is 51.4 Å². The number of carboxylic acid groups (broad SMARTS) is 1. The van der Waals surface area contributed by atoms with Crippen LogP contribution in [0.4, 0.5) is 19.3 Å². The van der Waals surface area contributed by atoms with Crippen LogP contribution in [0.2, 0.25) is 10.0 Å². The summed E-state index contributed by atoms with van der Waals surface area (Å²) in [6.07, 6.45) is -1.06. The van der Waals surface area contributed by atoms with Gasteiger partial charge in [0.05, 0.1) is 5.02 Å². The molecule has 0 bridgehead atoms. The number of aromatic carboxylic acids is 1. The van der Waals surface area contributed by atoms with Crippen molar-refractivity contribution >= 4 is 41.0 Å². The van der Waals surface area contributed by atoms with Crippen molar-refractivity contribution in [3.05, 3.63) is 45.6 Å². The maximum absolute atomic E-state index is 14.9. The molecule has 0 saturated heterocycles. The summed E-state index contributed by atoms with van der Waals surface area (Å²) in [6, 6.07) is 3.28. The standard InChI is InChI=1S/C17H14Cl2F2N2O4/c1-17(2,3)27-16(26)23-13-10(19)14(15(24)25)22-12(11(13)21)7-4-5-8(18)9(20)6-7/h4-6H,1-3H3,(H,24,25)(H,22,23,26). The lowest BCUT2D eigenvalue weighted by Crippen LogP contribution is -2.28. The van der Waals surface area contributed by atoms with Crippen LogP contribution in [0.5, 0.6) is 0 Å². The molecule has 1 aromatic carbocycles. The molecule has 0 spiro atoms. The molecule has 1 amide bonds. The van der Waals surface area contributed by atoms with E-state index in [4.69, 9.17) is 27.9 Å². The third-order valence-corrected chi connectivity index (χ3v) is 3.77. The quantitative estimate of drug-likeness (QED) is 0.698. The number of anilines is 1. The number of ether oxygens (including phenoxy) is 1. The maximum atomic E-state index is 14.9. The Balaban J connectivity index is 2.62. The van der Waals surface area contributed by atoms with E-state index in [9.17, 15) is 23.5 Å². The molecule has 27 heavy (non-hydrogen) atoms. The first-order valence-electron chi connectivity index (χ1n) is 7.48. The number of carbonyl (C=O) groups excluding carboxylic acids is 1. The molecule has 1 aromatic heterocycles. The number of pyridine rings is 1. The summed E-state index contributed by atoms with van der Waals surface area (Å²) >= 11 is 11.5. The summed E-state index contributed by atoms with van der Waals surface area (Å²) in [5.41, 5.74) is -2.89. The van der Waals surface area contributed by atoms with Gasteiger partial charge in [-0.25, -0.2) is 23.4 Å². The Morgan fingerprint density at radius 2 is 1.85 bits per heavy atom. The number of nitrogens with one attached hydrogen (secondary N) is 1. The smallest absolute Gasteiger partial charge is 0.412 e. The van der Waals surface area contributed by atoms with Crippen LogP contribution >= 0.6 is 23.2 Å². The van der Waals surface area contributed by atoms with Crippen LogP contribution in [-0.2, 0) is 4.74 Å². The van der Waals surface area contributed by atoms with Crippen LogP contribution in [0.25, 0.3) is 11.3 Å². The summed E-state index contributed by atoms with van der Waals surface area (Å²) in [6.45, 7) is 4.76. The number of hydrogen-bond donors (Lipinski definition) is 2. The average molecular weight is 419 g/mol. The molecule has 2 rings (SSSR count). The molecule has 0 saturated carbocycles. The Morgan fingerprint density at radius 3 is 2.37 bits per heavy atom. The van der Waals surface area contributed by atoms with Gasteiger partial charge in [0.2, 0.25) is 0 Å². The van der Waals surface area contributed by atoms with Crippen LogP contribution in [0.15, 0.2) is 18.2 Å². The van der Waals surface area contributed by atoms with Crippen molar-refractivity contribution < 1.29 is 28.2 Å². The second kappa shape index (κ2) is 7.66. The summed E-state index contributed by atoms with van der Waals surface area (Å²) in [7, 11) is 0. The number of carboxylic acids is 1. The number of hydrogen-bond acceptors (Lipinski definition) is 4. The first-order valence-corrected chi connectivity index (χ1v) is 8.24. The van der Waals surface area contributed by atoms with E-state index in [1.807, 2.05) is 0 Å². The predicted molar refractivity (Wildman–Crippen MR) is 96.4 cm³/mol. The highest BCUT2D eigenvalue weighted by Gasteiger charge is 2.26. The van der Waals surface area contributed by atoms with Crippen molar-refractivity contribution in [1.82, 2.24) is 4.98 Å². The van der Waals surface area contributed by atoms with Crippen LogP contribution < -0.4 is 5.32 Å². The van der Waals surface area contributed by atoms with Crippen molar-refractivity contribution in [3.63, 3.8) is 0 Å². The van der Waals surface area contributed by atoms with Gasteiger partial charge in [0.25, 0.3) is 0 Å². The Bertz CT molecular complexity index is 930. The van der Waals surface area contributed by atoms with Gasteiger partial charge in [-0.2, -0.15) is 0 Å². The zero-order chi connectivity index (χ0) is 20.5. The molecule has 6 nitrogen and oxygen atoms in total. The summed E-state index contributed by atoms with van der Waals surface area (Å²) in [4.78, 5) is 27.0. The third kappa shape index (κ3) is 4.84. The minimum Gasteiger partial charge on any atom is -0.476 e. The van der Waals surface area contributed by atoms with Crippen LogP contribution in [0, 0.1) is 11.6 Å². The number of halogens is 4. The van der Waals surface area contributed by atoms with Gasteiger partial charge >= 0.3 is 12.1 Å². The Kier molecular flexibility index (Phi) is 5.91. The third-order valence-electron chi connectivity index (χ3n) is 3.10. The second-order valence-corrected chi connectivity index (χ2v) is 7.16. The predicted octanol–water partition coefficient (Wildman–Crippen LogP) is 5.38. The number of nitrogens with zero attached hydrogens (tertiary/aromatic N) is 1. The van der Waals surface area contributed by atoms with Gasteiger partial charge < -0.3 is 9.84 Å². The number of carbonyl (C=O) groups is 2. The SMILES string of the molecule is CC(C)(C)OC(=O)Nc1c(F)c(-c2ccc(Cl)c(F)c2)nc(C(=O)O)c1Cl. The summed E-state index contributed by atoms with van der Waals surface area (Å²) in [5, 5.41) is 10.5. The zero-order valence-electron chi connectivity index (χ0n) is 14.4. The van der Waals surface area contributed by atoms with Gasteiger partial charge in [0, 0.05) is 5.56 Å². The van der Waals surface area contributed by atoms with E-state index in [1.165, 1.54) is 6.07 Å². The molecular weight excluding hydrogens is 405 g/mol. The van der Waals surface area contributed by atoms with Crippen LogP contribution in [0.1, 0.15) is 31.3 Å². The van der Waals surface area contributed by atoms with Gasteiger partial charge in [0.15, 0.2) is 11.5 Å². The van der Waals surface area contributed by atoms with Gasteiger partial charge in [0.1, 0.15) is 27.8 Å². The van der Waals surface area contributed by atoms with Crippen LogP contribution in [-0.4, -0.2) is 27.8 Å². The lowest BCUT2D eigenvalue weighted by Gasteiger charge is -2.20. The molecule has 0 unspecified atom stereocenters. The second-order valence-electron chi connectivity index (χ2n) is 6.37. The van der Waals surface area contributed by atoms with Crippen LogP contribution in [0.3, 0.4) is 0 Å². The minimum atomic E-state index is -1.57. The molecule has 0 aliphatic heterocycles. The normalized spacial score (nSPS) is 11.2. The highest BCUT2D eigenvalue weighted by atomic mass is 35.5. The van der Waals surface area contributed by atoms with Gasteiger partial charge in [-0.15, -0.1) is 0 Å².